The van der Waals surface area contributed by atoms with Crippen LogP contribution in [-0.2, 0) is 18.3 Å². The third-order valence-corrected chi connectivity index (χ3v) is 8.78. The quantitative estimate of drug-likeness (QED) is 0.111. The topological polar surface area (TPSA) is 52.0 Å². The van der Waals surface area contributed by atoms with Gasteiger partial charge >= 0.3 is 47.9 Å². The molecule has 4 aromatic carbocycles. The molecule has 0 spiro atoms. The fourth-order valence-electron chi connectivity index (χ4n) is 5.80. The predicted molar refractivity (Wildman–Crippen MR) is 163 cm³/mol. The number of rotatable bonds is 12. The lowest BCUT2D eigenvalue weighted by atomic mass is 9.61. The zero-order chi connectivity index (χ0) is 41.8. The zero-order valence-electron chi connectivity index (χ0n) is 27.1. The molecule has 0 aromatic heterocycles. The SMILES string of the molecule is Nc1ccc(Cc2ccc(C(c3ccc(Cc4ccc(N)cc4)cc3)(C(F)(F)C(F)(F)C(F)(F)F)C(F)(F)C(F)(F)C(F)(F)C(F)(F)C(F)(F)F)cc2)cc1. The number of alkyl halides is 18. The third kappa shape index (κ3) is 6.78. The number of nitrogen functional groups attached to an aromatic ring is 2. The summed E-state index contributed by atoms with van der Waals surface area (Å²) in [6.45, 7) is 0. The molecule has 0 atom stereocenters. The maximum atomic E-state index is 16.6. The average Bonchev–Trinajstić information content (AvgIpc) is 3.07. The molecule has 0 amide bonds. The van der Waals surface area contributed by atoms with Gasteiger partial charge in [-0.25, -0.2) is 0 Å². The first-order valence-electron chi connectivity index (χ1n) is 15.2. The standard InChI is InChI=1S/C35H24F18N2/c36-28(37,30(40,41)31(42,43)33(46,47)35(51,52)53)27(29(38,39)32(44,45)34(48,49)50,23-9-1-19(2-10-23)17-21-5-13-25(54)14-6-21)24-11-3-20(4-12-24)18-22-7-15-26(55)16-8-22/h1-16H,17-18,54-55H2. The lowest BCUT2D eigenvalue weighted by molar-refractivity contribution is -0.442. The Morgan fingerprint density at radius 3 is 0.782 bits per heavy atom. The van der Waals surface area contributed by atoms with Gasteiger partial charge in [0.1, 0.15) is 0 Å². The lowest BCUT2D eigenvalue weighted by Gasteiger charge is -2.51. The summed E-state index contributed by atoms with van der Waals surface area (Å²) in [7, 11) is 0. The van der Waals surface area contributed by atoms with Crippen molar-refractivity contribution in [3.63, 3.8) is 0 Å². The molecule has 4 N–H and O–H groups in total. The molecule has 0 heterocycles. The molecule has 300 valence electrons. The molecular weight excluding hydrogens is 790 g/mol. The van der Waals surface area contributed by atoms with Crippen molar-refractivity contribution in [1.29, 1.82) is 0 Å². The molecule has 0 bridgehead atoms. The number of hydrogen-bond acceptors (Lipinski definition) is 2. The predicted octanol–water partition coefficient (Wildman–Crippen LogP) is 11.3. The van der Waals surface area contributed by atoms with E-state index in [0.29, 0.717) is 35.4 Å². The second-order valence-corrected chi connectivity index (χ2v) is 12.4. The first-order valence-corrected chi connectivity index (χ1v) is 15.2. The van der Waals surface area contributed by atoms with Gasteiger partial charge in [-0.05, 0) is 70.5 Å². The first kappa shape index (κ1) is 43.0. The lowest BCUT2D eigenvalue weighted by Crippen LogP contribution is -2.77. The van der Waals surface area contributed by atoms with Gasteiger partial charge in [-0.1, -0.05) is 72.8 Å². The van der Waals surface area contributed by atoms with Crippen LogP contribution in [0.3, 0.4) is 0 Å². The van der Waals surface area contributed by atoms with Crippen molar-refractivity contribution >= 4 is 11.4 Å². The molecule has 0 radical (unpaired) electrons. The summed E-state index contributed by atoms with van der Waals surface area (Å²) in [5.41, 5.74) is 0.334. The molecule has 0 saturated heterocycles. The van der Waals surface area contributed by atoms with Crippen LogP contribution >= 0.6 is 0 Å². The Hall–Kier alpha value is -4.78. The smallest absolute Gasteiger partial charge is 0.399 e. The molecule has 4 aromatic rings. The van der Waals surface area contributed by atoms with Crippen LogP contribution < -0.4 is 11.5 Å². The van der Waals surface area contributed by atoms with E-state index in [1.807, 2.05) is 0 Å². The number of halogens is 18. The zero-order valence-corrected chi connectivity index (χ0v) is 27.1. The highest BCUT2D eigenvalue weighted by atomic mass is 19.4. The summed E-state index contributed by atoms with van der Waals surface area (Å²) in [6, 6.07) is 11.8. The van der Waals surface area contributed by atoms with Gasteiger partial charge in [0.2, 0.25) is 0 Å². The highest BCUT2D eigenvalue weighted by molar-refractivity contribution is 5.51. The Morgan fingerprint density at radius 1 is 0.291 bits per heavy atom. The average molecular weight is 815 g/mol. The maximum absolute atomic E-state index is 16.6. The van der Waals surface area contributed by atoms with Gasteiger partial charge in [-0.3, -0.25) is 0 Å². The van der Waals surface area contributed by atoms with Crippen LogP contribution in [0.1, 0.15) is 33.4 Å². The summed E-state index contributed by atoms with van der Waals surface area (Å²) in [6.07, 6.45) is -16.2. The number of nitrogens with two attached hydrogens (primary N) is 2. The second kappa shape index (κ2) is 13.8. The molecular formula is C35H24F18N2. The summed E-state index contributed by atoms with van der Waals surface area (Å²) >= 11 is 0. The van der Waals surface area contributed by atoms with Crippen molar-refractivity contribution in [3.05, 3.63) is 130 Å². The van der Waals surface area contributed by atoms with E-state index in [2.05, 4.69) is 0 Å². The van der Waals surface area contributed by atoms with E-state index >= 15 is 35.1 Å². The van der Waals surface area contributed by atoms with Gasteiger partial charge in [0.15, 0.2) is 5.41 Å². The molecule has 0 unspecified atom stereocenters. The van der Waals surface area contributed by atoms with Crippen molar-refractivity contribution < 1.29 is 79.0 Å². The molecule has 0 saturated carbocycles. The minimum absolute atomic E-state index is 0.167. The maximum Gasteiger partial charge on any atom is 0.460 e. The normalized spacial score (nSPS) is 14.3. The van der Waals surface area contributed by atoms with Crippen LogP contribution in [0.2, 0.25) is 0 Å². The molecule has 55 heavy (non-hydrogen) atoms. The molecule has 20 heteroatoms. The van der Waals surface area contributed by atoms with Gasteiger partial charge < -0.3 is 11.5 Å². The molecule has 2 nitrogen and oxygen atoms in total. The largest absolute Gasteiger partial charge is 0.460 e. The van der Waals surface area contributed by atoms with Crippen molar-refractivity contribution in [1.82, 2.24) is 0 Å². The van der Waals surface area contributed by atoms with Crippen molar-refractivity contribution in [2.75, 3.05) is 11.5 Å². The van der Waals surface area contributed by atoms with Crippen molar-refractivity contribution in [3.8, 4) is 0 Å². The van der Waals surface area contributed by atoms with E-state index in [9.17, 15) is 43.9 Å². The summed E-state index contributed by atoms with van der Waals surface area (Å²) in [4.78, 5) is 0. The van der Waals surface area contributed by atoms with E-state index in [4.69, 9.17) is 11.5 Å². The van der Waals surface area contributed by atoms with Crippen molar-refractivity contribution in [2.45, 2.75) is 66.1 Å². The summed E-state index contributed by atoms with van der Waals surface area (Å²) < 4.78 is 265. The van der Waals surface area contributed by atoms with Gasteiger partial charge in [-0.15, -0.1) is 0 Å². The van der Waals surface area contributed by atoms with E-state index in [-0.39, 0.29) is 59.6 Å². The van der Waals surface area contributed by atoms with Gasteiger partial charge in [0.05, 0.1) is 0 Å². The Labute approximate surface area is 298 Å². The molecule has 4 rings (SSSR count). The Balaban J connectivity index is 2.13. The van der Waals surface area contributed by atoms with Crippen LogP contribution in [0.15, 0.2) is 97.1 Å². The molecule has 0 aliphatic heterocycles. The molecule has 0 aliphatic carbocycles. The van der Waals surface area contributed by atoms with Crippen LogP contribution in [0.4, 0.5) is 90.4 Å². The fraction of sp³-hybridized carbons (Fsp3) is 0.314. The van der Waals surface area contributed by atoms with Crippen LogP contribution in [0.5, 0.6) is 0 Å². The van der Waals surface area contributed by atoms with Crippen molar-refractivity contribution in [2.24, 2.45) is 0 Å². The van der Waals surface area contributed by atoms with E-state index in [1.54, 1.807) is 0 Å². The van der Waals surface area contributed by atoms with Crippen LogP contribution in [0, 0.1) is 0 Å². The number of benzene rings is 4. The fourth-order valence-corrected chi connectivity index (χ4v) is 5.80. The van der Waals surface area contributed by atoms with Gasteiger partial charge in [0.25, 0.3) is 0 Å². The highest BCUT2D eigenvalue weighted by Crippen LogP contribution is 2.69. The van der Waals surface area contributed by atoms with Crippen LogP contribution in [-0.4, -0.2) is 47.9 Å². The monoisotopic (exact) mass is 814 g/mol. The first-order chi connectivity index (χ1) is 24.9. The van der Waals surface area contributed by atoms with E-state index in [1.165, 1.54) is 48.5 Å². The second-order valence-electron chi connectivity index (χ2n) is 12.4. The minimum Gasteiger partial charge on any atom is -0.399 e. The third-order valence-electron chi connectivity index (χ3n) is 8.78. The number of anilines is 2. The Morgan fingerprint density at radius 2 is 0.509 bits per heavy atom. The minimum atomic E-state index is -8.49. The van der Waals surface area contributed by atoms with E-state index < -0.39 is 64.4 Å². The number of hydrogen-bond donors (Lipinski definition) is 2. The molecule has 0 fully saturated rings. The highest BCUT2D eigenvalue weighted by Gasteiger charge is 2.95. The Kier molecular flexibility index (Phi) is 10.7. The van der Waals surface area contributed by atoms with Crippen LogP contribution in [0.25, 0.3) is 0 Å². The summed E-state index contributed by atoms with van der Waals surface area (Å²) in [5.74, 6) is -49.0. The molecule has 0 aliphatic rings. The van der Waals surface area contributed by atoms with Gasteiger partial charge in [-0.2, -0.15) is 79.0 Å². The van der Waals surface area contributed by atoms with Gasteiger partial charge in [0, 0.05) is 11.4 Å². The van der Waals surface area contributed by atoms with E-state index in [0.717, 1.165) is 0 Å². The summed E-state index contributed by atoms with van der Waals surface area (Å²) in [5, 5.41) is 0. The Bertz CT molecular complexity index is 1840.